The van der Waals surface area contributed by atoms with Crippen molar-refractivity contribution in [2.45, 2.75) is 19.8 Å². The van der Waals surface area contributed by atoms with Crippen molar-refractivity contribution in [2.24, 2.45) is 0 Å². The molecule has 140 valence electrons. The molecule has 2 N–H and O–H groups in total. The summed E-state index contributed by atoms with van der Waals surface area (Å²) in [5, 5.41) is 9.81. The number of benzene rings is 1. The lowest BCUT2D eigenvalue weighted by Crippen LogP contribution is -2.15. The predicted molar refractivity (Wildman–Crippen MR) is 109 cm³/mol. The summed E-state index contributed by atoms with van der Waals surface area (Å²) in [5.74, 6) is 0.482. The van der Waals surface area contributed by atoms with E-state index >= 15 is 0 Å². The molecular weight excluding hydrogens is 382 g/mol. The maximum Gasteiger partial charge on any atom is 0.231 e. The van der Waals surface area contributed by atoms with Crippen molar-refractivity contribution in [3.8, 4) is 5.75 Å². The predicted octanol–water partition coefficient (Wildman–Crippen LogP) is 3.97. The van der Waals surface area contributed by atoms with Crippen LogP contribution < -0.4 is 15.4 Å². The molecule has 27 heavy (non-hydrogen) atoms. The van der Waals surface area contributed by atoms with Crippen LogP contribution in [0.4, 0.5) is 10.8 Å². The van der Waals surface area contributed by atoms with E-state index in [-0.39, 0.29) is 18.2 Å². The fourth-order valence-corrected chi connectivity index (χ4v) is 3.78. The first-order chi connectivity index (χ1) is 13.1. The van der Waals surface area contributed by atoms with Gasteiger partial charge in [-0.2, -0.15) is 0 Å². The van der Waals surface area contributed by atoms with Crippen LogP contribution >= 0.6 is 22.7 Å². The number of aromatic nitrogens is 1. The second-order valence-corrected chi connectivity index (χ2v) is 7.52. The van der Waals surface area contributed by atoms with E-state index in [2.05, 4.69) is 15.6 Å². The second kappa shape index (κ2) is 9.29. The lowest BCUT2D eigenvalue weighted by atomic mass is 10.2. The Balaban J connectivity index is 1.49. The van der Waals surface area contributed by atoms with Crippen LogP contribution in [0, 0.1) is 0 Å². The molecule has 0 aliphatic heterocycles. The van der Waals surface area contributed by atoms with Gasteiger partial charge in [0.15, 0.2) is 5.13 Å². The fraction of sp³-hybridized carbons (Fsp3) is 0.211. The van der Waals surface area contributed by atoms with Crippen LogP contribution in [0.5, 0.6) is 5.75 Å². The van der Waals surface area contributed by atoms with E-state index in [9.17, 15) is 9.59 Å². The average Bonchev–Trinajstić information content (AvgIpc) is 3.29. The first-order valence-corrected chi connectivity index (χ1v) is 10.2. The number of carbonyl (C=O) groups is 2. The van der Waals surface area contributed by atoms with Crippen LogP contribution in [0.2, 0.25) is 0 Å². The van der Waals surface area contributed by atoms with Gasteiger partial charge in [-0.05, 0) is 42.6 Å². The molecule has 0 spiro atoms. The van der Waals surface area contributed by atoms with Crippen LogP contribution in [0.3, 0.4) is 0 Å². The van der Waals surface area contributed by atoms with E-state index in [0.29, 0.717) is 29.5 Å². The van der Waals surface area contributed by atoms with Gasteiger partial charge < -0.3 is 15.4 Å². The summed E-state index contributed by atoms with van der Waals surface area (Å²) in [4.78, 5) is 29.5. The number of hydrogen-bond acceptors (Lipinski definition) is 6. The molecule has 0 fully saturated rings. The number of anilines is 2. The minimum Gasteiger partial charge on any atom is -0.494 e. The number of thiophene rings is 1. The number of nitrogens with zero attached hydrogens (tertiary/aromatic N) is 1. The molecule has 6 nitrogen and oxygen atoms in total. The molecule has 3 rings (SSSR count). The monoisotopic (exact) mass is 401 g/mol. The van der Waals surface area contributed by atoms with Gasteiger partial charge in [-0.1, -0.05) is 6.07 Å². The summed E-state index contributed by atoms with van der Waals surface area (Å²) in [6.45, 7) is 2.52. The summed E-state index contributed by atoms with van der Waals surface area (Å²) < 4.78 is 5.37. The Kier molecular flexibility index (Phi) is 6.56. The minimum atomic E-state index is -0.166. The maximum absolute atomic E-state index is 12.2. The SMILES string of the molecule is CCOc1ccc(NC(=O)Cc2csc(NC(=O)Cc3cccs3)n2)cc1. The molecule has 0 aliphatic carbocycles. The molecule has 2 heterocycles. The van der Waals surface area contributed by atoms with Gasteiger partial charge in [0.25, 0.3) is 0 Å². The molecule has 0 unspecified atom stereocenters. The Morgan fingerprint density at radius 2 is 1.81 bits per heavy atom. The Hall–Kier alpha value is -2.71. The van der Waals surface area contributed by atoms with Crippen molar-refractivity contribution in [1.29, 1.82) is 0 Å². The summed E-state index contributed by atoms with van der Waals surface area (Å²) in [7, 11) is 0. The third kappa shape index (κ3) is 5.90. The highest BCUT2D eigenvalue weighted by Crippen LogP contribution is 2.19. The molecule has 0 saturated carbocycles. The Morgan fingerprint density at radius 3 is 2.52 bits per heavy atom. The average molecular weight is 402 g/mol. The van der Waals surface area contributed by atoms with Crippen LogP contribution in [0.15, 0.2) is 47.2 Å². The van der Waals surface area contributed by atoms with Crippen LogP contribution in [-0.4, -0.2) is 23.4 Å². The molecule has 0 aliphatic rings. The van der Waals surface area contributed by atoms with Gasteiger partial charge in [0.05, 0.1) is 25.1 Å². The highest BCUT2D eigenvalue weighted by Gasteiger charge is 2.11. The highest BCUT2D eigenvalue weighted by atomic mass is 32.1. The van der Waals surface area contributed by atoms with Crippen LogP contribution in [0.1, 0.15) is 17.5 Å². The Morgan fingerprint density at radius 1 is 1.04 bits per heavy atom. The topological polar surface area (TPSA) is 80.3 Å². The van der Waals surface area contributed by atoms with Gasteiger partial charge in [-0.15, -0.1) is 22.7 Å². The van der Waals surface area contributed by atoms with Crippen molar-refractivity contribution >= 4 is 45.3 Å². The third-order valence-corrected chi connectivity index (χ3v) is 5.19. The van der Waals surface area contributed by atoms with Crippen molar-refractivity contribution in [3.63, 3.8) is 0 Å². The summed E-state index contributed by atoms with van der Waals surface area (Å²) >= 11 is 2.85. The molecule has 2 aromatic heterocycles. The number of thiazole rings is 1. The van der Waals surface area contributed by atoms with E-state index in [4.69, 9.17) is 4.74 Å². The van der Waals surface area contributed by atoms with E-state index in [1.54, 1.807) is 28.8 Å². The van der Waals surface area contributed by atoms with Gasteiger partial charge >= 0.3 is 0 Å². The zero-order valence-corrected chi connectivity index (χ0v) is 16.4. The van der Waals surface area contributed by atoms with Crippen LogP contribution in [0.25, 0.3) is 0 Å². The number of ether oxygens (including phenoxy) is 1. The van der Waals surface area contributed by atoms with E-state index in [1.807, 2.05) is 36.6 Å². The number of hydrogen-bond donors (Lipinski definition) is 2. The zero-order valence-electron chi connectivity index (χ0n) is 14.7. The van der Waals surface area contributed by atoms with Gasteiger partial charge in [0.1, 0.15) is 5.75 Å². The summed E-state index contributed by atoms with van der Waals surface area (Å²) in [6, 6.07) is 11.0. The molecule has 0 radical (unpaired) electrons. The van der Waals surface area contributed by atoms with E-state index in [0.717, 1.165) is 10.6 Å². The summed E-state index contributed by atoms with van der Waals surface area (Å²) in [5.41, 5.74) is 1.32. The van der Waals surface area contributed by atoms with Gasteiger partial charge in [-0.3, -0.25) is 9.59 Å². The van der Waals surface area contributed by atoms with Gasteiger partial charge in [0.2, 0.25) is 11.8 Å². The number of carbonyl (C=O) groups excluding carboxylic acids is 2. The zero-order chi connectivity index (χ0) is 19.1. The Bertz CT molecular complexity index is 889. The normalized spacial score (nSPS) is 10.4. The molecule has 0 saturated heterocycles. The minimum absolute atomic E-state index is 0.114. The molecular formula is C19H19N3O3S2. The van der Waals surface area contributed by atoms with Gasteiger partial charge in [-0.25, -0.2) is 4.98 Å². The number of nitrogens with one attached hydrogen (secondary N) is 2. The third-order valence-electron chi connectivity index (χ3n) is 3.50. The molecule has 2 amide bonds. The number of amides is 2. The molecule has 0 bridgehead atoms. The first-order valence-electron chi connectivity index (χ1n) is 8.41. The largest absolute Gasteiger partial charge is 0.494 e. The lowest BCUT2D eigenvalue weighted by molar-refractivity contribution is -0.116. The summed E-state index contributed by atoms with van der Waals surface area (Å²) in [6.07, 6.45) is 0.468. The second-order valence-electron chi connectivity index (χ2n) is 5.63. The molecule has 0 atom stereocenters. The standard InChI is InChI=1S/C19H19N3O3S2/c1-2-25-15-7-5-13(6-8-15)20-17(23)10-14-12-27-19(21-14)22-18(24)11-16-4-3-9-26-16/h3-9,12H,2,10-11H2,1H3,(H,20,23)(H,21,22,24). The lowest BCUT2D eigenvalue weighted by Gasteiger charge is -2.06. The Labute approximate surface area is 165 Å². The van der Waals surface area contributed by atoms with Crippen molar-refractivity contribution < 1.29 is 14.3 Å². The van der Waals surface area contributed by atoms with E-state index < -0.39 is 0 Å². The molecule has 1 aromatic carbocycles. The van der Waals surface area contributed by atoms with Crippen molar-refractivity contribution in [3.05, 3.63) is 57.7 Å². The maximum atomic E-state index is 12.2. The number of rotatable bonds is 8. The van der Waals surface area contributed by atoms with Gasteiger partial charge in [0, 0.05) is 15.9 Å². The van der Waals surface area contributed by atoms with E-state index in [1.165, 1.54) is 11.3 Å². The smallest absolute Gasteiger partial charge is 0.231 e. The molecule has 8 heteroatoms. The van der Waals surface area contributed by atoms with Crippen molar-refractivity contribution in [1.82, 2.24) is 4.98 Å². The highest BCUT2D eigenvalue weighted by molar-refractivity contribution is 7.14. The van der Waals surface area contributed by atoms with Crippen molar-refractivity contribution in [2.75, 3.05) is 17.2 Å². The quantitative estimate of drug-likeness (QED) is 0.599. The molecule has 3 aromatic rings. The fourth-order valence-electron chi connectivity index (χ4n) is 2.35. The van der Waals surface area contributed by atoms with Crippen LogP contribution in [-0.2, 0) is 22.4 Å². The first kappa shape index (κ1) is 19.1.